The first kappa shape index (κ1) is 18.1. The fraction of sp³-hybridized carbons (Fsp3) is 0.500. The monoisotopic (exact) mass is 401 g/mol. The van der Waals surface area contributed by atoms with Gasteiger partial charge in [0.15, 0.2) is 5.11 Å². The summed E-state index contributed by atoms with van der Waals surface area (Å²) in [6.45, 7) is 4.45. The number of halogens is 2. The number of nitrogens with one attached hydrogen (secondary N) is 3. The maximum atomic E-state index is 13.7. The van der Waals surface area contributed by atoms with Gasteiger partial charge < -0.3 is 5.32 Å². The van der Waals surface area contributed by atoms with Crippen LogP contribution >= 0.6 is 28.1 Å². The number of carbonyl (C=O) groups is 1. The molecule has 4 nitrogen and oxygen atoms in total. The van der Waals surface area contributed by atoms with Crippen LogP contribution in [0, 0.1) is 17.7 Å². The topological polar surface area (TPSA) is 53.2 Å². The van der Waals surface area contributed by atoms with E-state index < -0.39 is 11.7 Å². The molecule has 7 heteroatoms. The molecule has 0 saturated heterocycles. The normalized spacial score (nSPS) is 23.9. The lowest BCUT2D eigenvalue weighted by molar-refractivity contribution is 0.0939. The van der Waals surface area contributed by atoms with Gasteiger partial charge in [-0.15, -0.1) is 0 Å². The third kappa shape index (κ3) is 4.88. The summed E-state index contributed by atoms with van der Waals surface area (Å²) in [4.78, 5) is 12.0. The lowest BCUT2D eigenvalue weighted by Gasteiger charge is -2.35. The molecule has 0 aromatic heterocycles. The van der Waals surface area contributed by atoms with E-state index >= 15 is 0 Å². The summed E-state index contributed by atoms with van der Waals surface area (Å²) in [5, 5.41) is 3.58. The SMILES string of the molecule is C[C@@H]1[C@H](C)CCC[C@@H]1NC(=S)NNC(=O)c1cc(Br)ccc1F. The first-order chi connectivity index (χ1) is 10.9. The van der Waals surface area contributed by atoms with Crippen LogP contribution in [0.25, 0.3) is 0 Å². The van der Waals surface area contributed by atoms with Gasteiger partial charge in [0.05, 0.1) is 5.56 Å². The first-order valence-corrected chi connectivity index (χ1v) is 8.90. The van der Waals surface area contributed by atoms with Crippen LogP contribution in [-0.2, 0) is 0 Å². The number of hydrazine groups is 1. The largest absolute Gasteiger partial charge is 0.358 e. The second-order valence-corrected chi connectivity index (χ2v) is 7.37. The van der Waals surface area contributed by atoms with E-state index in [1.165, 1.54) is 31.0 Å². The average Bonchev–Trinajstić information content (AvgIpc) is 2.52. The molecule has 0 unspecified atom stereocenters. The molecule has 3 N–H and O–H groups in total. The second-order valence-electron chi connectivity index (χ2n) is 6.05. The van der Waals surface area contributed by atoms with E-state index in [0.717, 1.165) is 6.42 Å². The molecule has 1 aromatic carbocycles. The van der Waals surface area contributed by atoms with Gasteiger partial charge in [-0.1, -0.05) is 42.6 Å². The molecule has 0 bridgehead atoms. The minimum Gasteiger partial charge on any atom is -0.358 e. The van der Waals surface area contributed by atoms with E-state index in [2.05, 4.69) is 45.9 Å². The zero-order chi connectivity index (χ0) is 17.0. The highest BCUT2D eigenvalue weighted by atomic mass is 79.9. The molecular formula is C16H21BrFN3OS. The van der Waals surface area contributed by atoms with Gasteiger partial charge in [0.1, 0.15) is 5.82 Å². The van der Waals surface area contributed by atoms with E-state index in [4.69, 9.17) is 12.2 Å². The van der Waals surface area contributed by atoms with Gasteiger partial charge in [-0.2, -0.15) is 0 Å². The third-order valence-corrected chi connectivity index (χ3v) is 5.20. The van der Waals surface area contributed by atoms with Crippen LogP contribution in [0.4, 0.5) is 4.39 Å². The number of benzene rings is 1. The Morgan fingerprint density at radius 1 is 1.30 bits per heavy atom. The Bertz CT molecular complexity index is 599. The predicted octanol–water partition coefficient (Wildman–Crippen LogP) is 3.52. The van der Waals surface area contributed by atoms with Gasteiger partial charge in [0, 0.05) is 10.5 Å². The van der Waals surface area contributed by atoms with Crippen molar-refractivity contribution in [1.29, 1.82) is 0 Å². The summed E-state index contributed by atoms with van der Waals surface area (Å²) < 4.78 is 14.3. The smallest absolute Gasteiger partial charge is 0.272 e. The maximum Gasteiger partial charge on any atom is 0.272 e. The number of carbonyl (C=O) groups excluding carboxylic acids is 1. The standard InChI is InChI=1S/C16H21BrFN3OS/c1-9-4-3-5-14(10(9)2)19-16(23)21-20-15(22)12-8-11(17)6-7-13(12)18/h6-10,14H,3-5H2,1-2H3,(H,20,22)(H2,19,21,23)/t9-,10-,14+/m1/s1. The molecule has 3 atom stereocenters. The third-order valence-electron chi connectivity index (χ3n) is 4.49. The Morgan fingerprint density at radius 3 is 2.78 bits per heavy atom. The summed E-state index contributed by atoms with van der Waals surface area (Å²) in [6, 6.07) is 4.49. The van der Waals surface area contributed by atoms with E-state index in [0.29, 0.717) is 27.5 Å². The van der Waals surface area contributed by atoms with Gasteiger partial charge in [-0.3, -0.25) is 15.6 Å². The second kappa shape index (κ2) is 8.06. The summed E-state index contributed by atoms with van der Waals surface area (Å²) in [6.07, 6.45) is 3.46. The molecular weight excluding hydrogens is 381 g/mol. The lowest BCUT2D eigenvalue weighted by atomic mass is 9.78. The van der Waals surface area contributed by atoms with Crippen LogP contribution < -0.4 is 16.2 Å². The van der Waals surface area contributed by atoms with Crippen LogP contribution in [0.15, 0.2) is 22.7 Å². The van der Waals surface area contributed by atoms with E-state index in [9.17, 15) is 9.18 Å². The molecule has 0 heterocycles. The zero-order valence-electron chi connectivity index (χ0n) is 13.2. The van der Waals surface area contributed by atoms with Gasteiger partial charge in [-0.25, -0.2) is 4.39 Å². The van der Waals surface area contributed by atoms with Gasteiger partial charge in [0.25, 0.3) is 5.91 Å². The lowest BCUT2D eigenvalue weighted by Crippen LogP contribution is -2.52. The highest BCUT2D eigenvalue weighted by Crippen LogP contribution is 2.29. The van der Waals surface area contributed by atoms with Crippen molar-refractivity contribution in [1.82, 2.24) is 16.2 Å². The van der Waals surface area contributed by atoms with Crippen LogP contribution in [-0.4, -0.2) is 17.1 Å². The van der Waals surface area contributed by atoms with E-state index in [1.807, 2.05) is 0 Å². The molecule has 0 spiro atoms. The fourth-order valence-corrected chi connectivity index (χ4v) is 3.41. The average molecular weight is 402 g/mol. The van der Waals surface area contributed by atoms with Crippen molar-refractivity contribution < 1.29 is 9.18 Å². The minimum atomic E-state index is -0.582. The van der Waals surface area contributed by atoms with Crippen molar-refractivity contribution in [3.8, 4) is 0 Å². The molecule has 1 aliphatic carbocycles. The summed E-state index contributed by atoms with van der Waals surface area (Å²) >= 11 is 8.43. The first-order valence-electron chi connectivity index (χ1n) is 7.70. The number of thiocarbonyl (C=S) groups is 1. The molecule has 126 valence electrons. The number of amides is 1. The van der Waals surface area contributed by atoms with Gasteiger partial charge >= 0.3 is 0 Å². The highest BCUT2D eigenvalue weighted by molar-refractivity contribution is 9.10. The zero-order valence-corrected chi connectivity index (χ0v) is 15.6. The number of hydrogen-bond donors (Lipinski definition) is 3. The van der Waals surface area contributed by atoms with Crippen molar-refractivity contribution in [2.45, 2.75) is 39.2 Å². The van der Waals surface area contributed by atoms with Crippen molar-refractivity contribution in [2.75, 3.05) is 0 Å². The predicted molar refractivity (Wildman–Crippen MR) is 96.4 cm³/mol. The van der Waals surface area contributed by atoms with Crippen LogP contribution in [0.3, 0.4) is 0 Å². The highest BCUT2D eigenvalue weighted by Gasteiger charge is 2.27. The summed E-state index contributed by atoms with van der Waals surface area (Å²) in [7, 11) is 0. The van der Waals surface area contributed by atoms with Crippen molar-refractivity contribution >= 4 is 39.2 Å². The summed E-state index contributed by atoms with van der Waals surface area (Å²) in [5.74, 6) is 0.00949. The van der Waals surface area contributed by atoms with Crippen molar-refractivity contribution in [3.05, 3.63) is 34.1 Å². The number of hydrogen-bond acceptors (Lipinski definition) is 2. The van der Waals surface area contributed by atoms with Crippen LogP contribution in [0.1, 0.15) is 43.5 Å². The van der Waals surface area contributed by atoms with Crippen LogP contribution in [0.2, 0.25) is 0 Å². The Hall–Kier alpha value is -1.21. The Kier molecular flexibility index (Phi) is 6.35. The fourth-order valence-electron chi connectivity index (χ4n) is 2.84. The van der Waals surface area contributed by atoms with Gasteiger partial charge in [-0.05, 0) is 48.7 Å². The molecule has 1 saturated carbocycles. The molecule has 0 aliphatic heterocycles. The Morgan fingerprint density at radius 2 is 2.04 bits per heavy atom. The molecule has 1 aromatic rings. The molecule has 2 rings (SSSR count). The molecule has 1 amide bonds. The Labute approximate surface area is 149 Å². The molecule has 1 aliphatic rings. The Balaban J connectivity index is 1.86. The minimum absolute atomic E-state index is 0.0469. The van der Waals surface area contributed by atoms with Gasteiger partial charge in [0.2, 0.25) is 0 Å². The molecule has 1 fully saturated rings. The molecule has 23 heavy (non-hydrogen) atoms. The van der Waals surface area contributed by atoms with Crippen molar-refractivity contribution in [2.24, 2.45) is 11.8 Å². The molecule has 0 radical (unpaired) electrons. The van der Waals surface area contributed by atoms with E-state index in [-0.39, 0.29) is 5.56 Å². The summed E-state index contributed by atoms with van der Waals surface area (Å²) in [5.41, 5.74) is 5.03. The number of rotatable bonds is 2. The maximum absolute atomic E-state index is 13.7. The van der Waals surface area contributed by atoms with E-state index in [1.54, 1.807) is 0 Å². The van der Waals surface area contributed by atoms with Crippen LogP contribution in [0.5, 0.6) is 0 Å². The quantitative estimate of drug-likeness (QED) is 0.524. The van der Waals surface area contributed by atoms with Crippen molar-refractivity contribution in [3.63, 3.8) is 0 Å².